The molecule has 0 spiro atoms. The number of piperazine rings is 1. The van der Waals surface area contributed by atoms with Crippen LogP contribution in [0.1, 0.15) is 5.56 Å². The van der Waals surface area contributed by atoms with Gasteiger partial charge in [-0.15, -0.1) is 0 Å². The van der Waals surface area contributed by atoms with Gasteiger partial charge in [-0.3, -0.25) is 9.69 Å². The predicted octanol–water partition coefficient (Wildman–Crippen LogP) is 1.75. The molecule has 0 radical (unpaired) electrons. The third-order valence-electron chi connectivity index (χ3n) is 5.58. The molecule has 28 heavy (non-hydrogen) atoms. The zero-order valence-corrected chi connectivity index (χ0v) is 16.6. The molecule has 0 aliphatic carbocycles. The number of rotatable bonds is 5. The molecule has 0 N–H and O–H groups in total. The van der Waals surface area contributed by atoms with Crippen molar-refractivity contribution in [1.82, 2.24) is 4.90 Å². The lowest BCUT2D eigenvalue weighted by molar-refractivity contribution is -0.123. The minimum atomic E-state index is -3.17. The largest absolute Gasteiger partial charge is 0.497 e. The Morgan fingerprint density at radius 1 is 1.00 bits per heavy atom. The van der Waals surface area contributed by atoms with Gasteiger partial charge in [0.1, 0.15) is 5.75 Å². The maximum Gasteiger partial charge on any atom is 0.241 e. The number of amides is 1. The Kier molecular flexibility index (Phi) is 5.12. The molecule has 0 saturated carbocycles. The number of para-hydroxylation sites is 1. The number of hydrogen-bond donors (Lipinski definition) is 0. The van der Waals surface area contributed by atoms with Gasteiger partial charge in [0, 0.05) is 18.3 Å². The summed E-state index contributed by atoms with van der Waals surface area (Å²) >= 11 is 0. The van der Waals surface area contributed by atoms with E-state index in [0.717, 1.165) is 23.4 Å². The monoisotopic (exact) mass is 400 g/mol. The molecule has 2 aromatic carbocycles. The SMILES string of the molecule is COc1ccc(CCN2CC(=O)N(c3ccccc3)C3CS(=O)(=O)CC32)cc1. The van der Waals surface area contributed by atoms with E-state index >= 15 is 0 Å². The van der Waals surface area contributed by atoms with E-state index in [1.165, 1.54) is 0 Å². The van der Waals surface area contributed by atoms with Gasteiger partial charge in [0.15, 0.2) is 9.84 Å². The highest BCUT2D eigenvalue weighted by Gasteiger charge is 2.49. The highest BCUT2D eigenvalue weighted by atomic mass is 32.2. The normalized spacial score (nSPS) is 24.2. The average molecular weight is 401 g/mol. The van der Waals surface area contributed by atoms with E-state index in [0.29, 0.717) is 6.54 Å². The average Bonchev–Trinajstić information content (AvgIpc) is 3.02. The number of anilines is 1. The van der Waals surface area contributed by atoms with E-state index in [-0.39, 0.29) is 36.0 Å². The molecule has 2 atom stereocenters. The van der Waals surface area contributed by atoms with E-state index in [9.17, 15) is 13.2 Å². The molecule has 2 aliphatic heterocycles. The Labute approximate surface area is 165 Å². The Bertz CT molecular complexity index is 944. The van der Waals surface area contributed by atoms with Gasteiger partial charge in [-0.1, -0.05) is 30.3 Å². The van der Waals surface area contributed by atoms with Gasteiger partial charge in [0.25, 0.3) is 0 Å². The van der Waals surface area contributed by atoms with Gasteiger partial charge in [0.05, 0.1) is 31.2 Å². The summed E-state index contributed by atoms with van der Waals surface area (Å²) in [5.41, 5.74) is 1.91. The lowest BCUT2D eigenvalue weighted by Gasteiger charge is -2.43. The second-order valence-corrected chi connectivity index (χ2v) is 9.53. The van der Waals surface area contributed by atoms with E-state index in [4.69, 9.17) is 4.74 Å². The molecule has 148 valence electrons. The summed E-state index contributed by atoms with van der Waals surface area (Å²) in [7, 11) is -1.54. The van der Waals surface area contributed by atoms with Crippen LogP contribution in [0.25, 0.3) is 0 Å². The fraction of sp³-hybridized carbons (Fsp3) is 0.381. The number of fused-ring (bicyclic) bond motifs is 1. The van der Waals surface area contributed by atoms with Gasteiger partial charge in [-0.25, -0.2) is 8.42 Å². The molecule has 2 saturated heterocycles. The maximum atomic E-state index is 12.9. The quantitative estimate of drug-likeness (QED) is 0.765. The van der Waals surface area contributed by atoms with Gasteiger partial charge in [-0.2, -0.15) is 0 Å². The number of hydrogen-bond acceptors (Lipinski definition) is 5. The summed E-state index contributed by atoms with van der Waals surface area (Å²) < 4.78 is 30.0. The predicted molar refractivity (Wildman–Crippen MR) is 108 cm³/mol. The zero-order valence-electron chi connectivity index (χ0n) is 15.8. The zero-order chi connectivity index (χ0) is 19.7. The summed E-state index contributed by atoms with van der Waals surface area (Å²) in [6, 6.07) is 16.7. The maximum absolute atomic E-state index is 12.9. The number of carbonyl (C=O) groups excluding carboxylic acids is 1. The number of benzene rings is 2. The first-order valence-corrected chi connectivity index (χ1v) is 11.2. The second-order valence-electron chi connectivity index (χ2n) is 7.38. The van der Waals surface area contributed by atoms with Crippen molar-refractivity contribution >= 4 is 21.4 Å². The summed E-state index contributed by atoms with van der Waals surface area (Å²) in [4.78, 5) is 16.7. The minimum absolute atomic E-state index is 0.0251. The van der Waals surface area contributed by atoms with Gasteiger partial charge in [0.2, 0.25) is 5.91 Å². The van der Waals surface area contributed by atoms with Crippen molar-refractivity contribution in [2.75, 3.05) is 36.6 Å². The van der Waals surface area contributed by atoms with Crippen LogP contribution in [0.3, 0.4) is 0 Å². The minimum Gasteiger partial charge on any atom is -0.497 e. The molecule has 7 heteroatoms. The number of nitrogens with zero attached hydrogens (tertiary/aromatic N) is 2. The fourth-order valence-electron chi connectivity index (χ4n) is 4.19. The van der Waals surface area contributed by atoms with Gasteiger partial charge in [-0.05, 0) is 36.2 Å². The first-order chi connectivity index (χ1) is 13.5. The third-order valence-corrected chi connectivity index (χ3v) is 7.28. The molecule has 0 bridgehead atoms. The van der Waals surface area contributed by atoms with Gasteiger partial charge < -0.3 is 9.64 Å². The first kappa shape index (κ1) is 19.0. The second kappa shape index (κ2) is 7.56. The van der Waals surface area contributed by atoms with Crippen LogP contribution >= 0.6 is 0 Å². The summed E-state index contributed by atoms with van der Waals surface area (Å²) in [6.07, 6.45) is 0.756. The van der Waals surface area contributed by atoms with Crippen molar-refractivity contribution in [1.29, 1.82) is 0 Å². The molecular formula is C21H24N2O4S. The summed E-state index contributed by atoms with van der Waals surface area (Å²) in [6.45, 7) is 0.888. The number of ether oxygens (including phenoxy) is 1. The molecule has 2 unspecified atom stereocenters. The standard InChI is InChI=1S/C21H24N2O4S/c1-27-18-9-7-16(8-10-18)11-12-22-13-21(24)23(17-5-3-2-4-6-17)20-15-28(25,26)14-19(20)22/h2-10,19-20H,11-15H2,1H3. The number of sulfone groups is 1. The van der Waals surface area contributed by atoms with Crippen LogP contribution in [0.2, 0.25) is 0 Å². The van der Waals surface area contributed by atoms with Crippen molar-refractivity contribution in [3.8, 4) is 5.75 Å². The number of carbonyl (C=O) groups is 1. The van der Waals surface area contributed by atoms with E-state index < -0.39 is 9.84 Å². The lowest BCUT2D eigenvalue weighted by Crippen LogP contribution is -2.62. The number of methoxy groups -OCH3 is 1. The molecule has 4 rings (SSSR count). The molecule has 6 nitrogen and oxygen atoms in total. The van der Waals surface area contributed by atoms with Crippen LogP contribution in [-0.4, -0.2) is 63.0 Å². The van der Waals surface area contributed by atoms with Crippen LogP contribution in [0, 0.1) is 0 Å². The lowest BCUT2D eigenvalue weighted by atomic mass is 10.0. The molecule has 0 aromatic heterocycles. The van der Waals surface area contributed by atoms with E-state index in [1.54, 1.807) is 12.0 Å². The molecular weight excluding hydrogens is 376 g/mol. The topological polar surface area (TPSA) is 66.9 Å². The van der Waals surface area contributed by atoms with Crippen molar-refractivity contribution in [3.63, 3.8) is 0 Å². The Balaban J connectivity index is 1.54. The molecule has 2 heterocycles. The first-order valence-electron chi connectivity index (χ1n) is 9.41. The third kappa shape index (κ3) is 3.77. The van der Waals surface area contributed by atoms with E-state index in [2.05, 4.69) is 0 Å². The van der Waals surface area contributed by atoms with Crippen LogP contribution in [0.5, 0.6) is 5.75 Å². The molecule has 2 fully saturated rings. The highest BCUT2D eigenvalue weighted by Crippen LogP contribution is 2.31. The van der Waals surface area contributed by atoms with Crippen molar-refractivity contribution in [2.24, 2.45) is 0 Å². The molecule has 2 aromatic rings. The summed E-state index contributed by atoms with van der Waals surface area (Å²) in [5.74, 6) is 0.894. The van der Waals surface area contributed by atoms with Gasteiger partial charge >= 0.3 is 0 Å². The fourth-order valence-corrected chi connectivity index (χ4v) is 6.17. The molecule has 1 amide bonds. The van der Waals surface area contributed by atoms with Crippen LogP contribution in [0.4, 0.5) is 5.69 Å². The van der Waals surface area contributed by atoms with Crippen LogP contribution in [-0.2, 0) is 21.1 Å². The smallest absolute Gasteiger partial charge is 0.241 e. The van der Waals surface area contributed by atoms with Crippen molar-refractivity contribution < 1.29 is 17.9 Å². The Hall–Kier alpha value is -2.38. The van der Waals surface area contributed by atoms with Crippen molar-refractivity contribution in [3.05, 3.63) is 60.2 Å². The Morgan fingerprint density at radius 2 is 1.68 bits per heavy atom. The van der Waals surface area contributed by atoms with Crippen LogP contribution < -0.4 is 9.64 Å². The van der Waals surface area contributed by atoms with Crippen LogP contribution in [0.15, 0.2) is 54.6 Å². The molecule has 2 aliphatic rings. The highest BCUT2D eigenvalue weighted by molar-refractivity contribution is 7.91. The van der Waals surface area contributed by atoms with Crippen molar-refractivity contribution in [2.45, 2.75) is 18.5 Å². The Morgan fingerprint density at radius 3 is 2.36 bits per heavy atom. The van der Waals surface area contributed by atoms with E-state index in [1.807, 2.05) is 59.5 Å². The summed E-state index contributed by atoms with van der Waals surface area (Å²) in [5, 5.41) is 0.